The minimum atomic E-state index is -0.911. The number of aromatic nitrogens is 2. The van der Waals surface area contributed by atoms with Crippen LogP contribution in [0.5, 0.6) is 0 Å². The molecule has 0 saturated carbocycles. The van der Waals surface area contributed by atoms with Crippen LogP contribution in [0.15, 0.2) is 47.3 Å². The van der Waals surface area contributed by atoms with Gasteiger partial charge >= 0.3 is 0 Å². The smallest absolute Gasteiger partial charge is 0.293 e. The van der Waals surface area contributed by atoms with Crippen LogP contribution in [0.3, 0.4) is 0 Å². The van der Waals surface area contributed by atoms with Crippen LogP contribution in [-0.4, -0.2) is 79.2 Å². The van der Waals surface area contributed by atoms with E-state index in [0.29, 0.717) is 47.3 Å². The standard InChI is InChI=1S/C42H48FN7O8/c1-5-23(2)27-14-34-40-28(18-50(34)42(56)29(27)19-58-22-51)39-31(12-11-26-24(3)30(43)15-32(49-40)38(26)39)47-37(54)20-57-21-46-35(52)17-45-41(55)33(48-36(53)16-44-4)13-25-9-7-6-8-10-25/h6-10,14-15,22-23,31,33,44H,5,11-13,16-21H2,1-4H3,(H,45,55)(H,46,52)(H,47,54)(H,48,53). The first-order valence-corrected chi connectivity index (χ1v) is 19.3. The number of amides is 4. The number of halogens is 1. The Hall–Kier alpha value is -6.00. The number of nitrogens with zero attached hydrogens (tertiary/aromatic N) is 2. The molecule has 4 amide bonds. The van der Waals surface area contributed by atoms with Crippen molar-refractivity contribution in [1.82, 2.24) is 36.1 Å². The van der Waals surface area contributed by atoms with E-state index in [0.717, 1.165) is 39.6 Å². The Labute approximate surface area is 334 Å². The lowest BCUT2D eigenvalue weighted by atomic mass is 9.81. The maximum absolute atomic E-state index is 15.3. The molecule has 5 N–H and O–H groups in total. The monoisotopic (exact) mass is 797 g/mol. The predicted molar refractivity (Wildman–Crippen MR) is 212 cm³/mol. The SMILES string of the molecule is CCC(C)c1cc2n(c(=O)c1COC=O)Cc1c-2nc2cc(F)c(C)c3c2c1C(NC(=O)COCNC(=O)CNC(=O)C(Cc1ccccc1)NC(=O)CNC)CC3. The van der Waals surface area contributed by atoms with E-state index >= 15 is 4.39 Å². The maximum Gasteiger partial charge on any atom is 0.293 e. The number of carbonyl (C=O) groups is 5. The Kier molecular flexibility index (Phi) is 13.3. The molecule has 306 valence electrons. The van der Waals surface area contributed by atoms with Gasteiger partial charge < -0.3 is 40.6 Å². The topological polar surface area (TPSA) is 199 Å². The lowest BCUT2D eigenvalue weighted by Gasteiger charge is -2.29. The first-order valence-electron chi connectivity index (χ1n) is 19.3. The molecule has 0 spiro atoms. The van der Waals surface area contributed by atoms with E-state index in [1.807, 2.05) is 50.2 Å². The molecule has 0 fully saturated rings. The number of likely N-dealkylation sites (N-methyl/N-ethyl adjacent to an activating group) is 1. The molecular weight excluding hydrogens is 750 g/mol. The van der Waals surface area contributed by atoms with Crippen LogP contribution in [0.4, 0.5) is 4.39 Å². The number of hydrogen-bond acceptors (Lipinski definition) is 10. The van der Waals surface area contributed by atoms with Gasteiger partial charge in [0.2, 0.25) is 23.6 Å². The fourth-order valence-corrected chi connectivity index (χ4v) is 7.76. The molecule has 58 heavy (non-hydrogen) atoms. The van der Waals surface area contributed by atoms with Crippen molar-refractivity contribution in [2.45, 2.75) is 77.6 Å². The summed E-state index contributed by atoms with van der Waals surface area (Å²) in [5.41, 5.74) is 5.98. The van der Waals surface area contributed by atoms with Crippen LogP contribution in [0.2, 0.25) is 0 Å². The maximum atomic E-state index is 15.3. The molecule has 2 aromatic carbocycles. The quantitative estimate of drug-likeness (QED) is 0.0499. The second kappa shape index (κ2) is 18.5. The molecular formula is C42H48FN7O8. The zero-order valence-corrected chi connectivity index (χ0v) is 33.0. The van der Waals surface area contributed by atoms with Gasteiger partial charge in [-0.1, -0.05) is 44.2 Å². The van der Waals surface area contributed by atoms with Gasteiger partial charge in [0, 0.05) is 23.4 Å². The minimum Gasteiger partial charge on any atom is -0.463 e. The van der Waals surface area contributed by atoms with E-state index < -0.39 is 42.2 Å². The summed E-state index contributed by atoms with van der Waals surface area (Å²) in [7, 11) is 1.61. The van der Waals surface area contributed by atoms with E-state index in [2.05, 4.69) is 26.6 Å². The van der Waals surface area contributed by atoms with Crippen molar-refractivity contribution in [2.24, 2.45) is 0 Å². The Morgan fingerprint density at radius 3 is 2.55 bits per heavy atom. The molecule has 0 bridgehead atoms. The molecule has 3 heterocycles. The molecule has 0 radical (unpaired) electrons. The normalized spacial score (nSPS) is 14.8. The van der Waals surface area contributed by atoms with Gasteiger partial charge in [0.05, 0.1) is 48.1 Å². The van der Waals surface area contributed by atoms with E-state index in [-0.39, 0.29) is 56.8 Å². The molecule has 15 nitrogen and oxygen atoms in total. The number of pyridine rings is 2. The molecule has 16 heteroatoms. The lowest BCUT2D eigenvalue weighted by Crippen LogP contribution is -2.51. The van der Waals surface area contributed by atoms with Crippen LogP contribution in [0.1, 0.15) is 77.6 Å². The summed E-state index contributed by atoms with van der Waals surface area (Å²) >= 11 is 0. The van der Waals surface area contributed by atoms with Gasteiger partial charge in [-0.15, -0.1) is 0 Å². The van der Waals surface area contributed by atoms with Gasteiger partial charge in [0.25, 0.3) is 12.0 Å². The van der Waals surface area contributed by atoms with E-state index in [1.54, 1.807) is 18.5 Å². The highest BCUT2D eigenvalue weighted by atomic mass is 19.1. The third kappa shape index (κ3) is 8.92. The summed E-state index contributed by atoms with van der Waals surface area (Å²) in [4.78, 5) is 81.1. The van der Waals surface area contributed by atoms with Crippen LogP contribution in [0.25, 0.3) is 22.3 Å². The highest BCUT2D eigenvalue weighted by Crippen LogP contribution is 2.45. The first-order chi connectivity index (χ1) is 27.9. The third-order valence-electron chi connectivity index (χ3n) is 10.8. The van der Waals surface area contributed by atoms with Crippen molar-refractivity contribution in [2.75, 3.05) is 33.5 Å². The first kappa shape index (κ1) is 41.6. The zero-order valence-electron chi connectivity index (χ0n) is 33.0. The Morgan fingerprint density at radius 2 is 1.83 bits per heavy atom. The van der Waals surface area contributed by atoms with Gasteiger partial charge in [-0.05, 0) is 73.0 Å². The predicted octanol–water partition coefficient (Wildman–Crippen LogP) is 2.32. The summed E-state index contributed by atoms with van der Waals surface area (Å²) in [5.74, 6) is -2.35. The summed E-state index contributed by atoms with van der Waals surface area (Å²) in [6.45, 7) is 4.93. The molecule has 3 atom stereocenters. The summed E-state index contributed by atoms with van der Waals surface area (Å²) in [5, 5.41) is 14.3. The molecule has 1 aliphatic carbocycles. The number of aryl methyl sites for hydroxylation is 1. The van der Waals surface area contributed by atoms with Crippen LogP contribution < -0.4 is 32.1 Å². The molecule has 3 unspecified atom stereocenters. The number of benzene rings is 2. The third-order valence-corrected chi connectivity index (χ3v) is 10.8. The van der Waals surface area contributed by atoms with Crippen LogP contribution in [-0.2, 0) is 59.4 Å². The summed E-state index contributed by atoms with van der Waals surface area (Å²) < 4.78 is 27.4. The van der Waals surface area contributed by atoms with Gasteiger partial charge in [-0.25, -0.2) is 9.37 Å². The lowest BCUT2D eigenvalue weighted by molar-refractivity contribution is -0.131. The Morgan fingerprint density at radius 1 is 1.05 bits per heavy atom. The van der Waals surface area contributed by atoms with Crippen molar-refractivity contribution in [3.8, 4) is 11.4 Å². The average Bonchev–Trinajstić information content (AvgIpc) is 3.58. The number of ether oxygens (including phenoxy) is 2. The van der Waals surface area contributed by atoms with Crippen LogP contribution >= 0.6 is 0 Å². The van der Waals surface area contributed by atoms with Crippen molar-refractivity contribution in [3.05, 3.63) is 97.6 Å². The molecule has 6 rings (SSSR count). The second-order valence-electron chi connectivity index (χ2n) is 14.6. The molecule has 1 aliphatic heterocycles. The Balaban J connectivity index is 1.12. The second-order valence-corrected chi connectivity index (χ2v) is 14.6. The van der Waals surface area contributed by atoms with Gasteiger partial charge in [-0.2, -0.15) is 0 Å². The molecule has 2 aromatic heterocycles. The van der Waals surface area contributed by atoms with Crippen molar-refractivity contribution < 1.29 is 37.8 Å². The van der Waals surface area contributed by atoms with Gasteiger partial charge in [-0.3, -0.25) is 28.8 Å². The highest BCUT2D eigenvalue weighted by Gasteiger charge is 2.35. The fourth-order valence-electron chi connectivity index (χ4n) is 7.76. The summed E-state index contributed by atoms with van der Waals surface area (Å²) in [6.07, 6.45) is 1.89. The highest BCUT2D eigenvalue weighted by molar-refractivity contribution is 5.94. The van der Waals surface area contributed by atoms with Crippen molar-refractivity contribution in [1.29, 1.82) is 0 Å². The Bertz CT molecular complexity index is 2300. The summed E-state index contributed by atoms with van der Waals surface area (Å²) in [6, 6.07) is 11.0. The number of hydrogen-bond donors (Lipinski definition) is 5. The number of fused-ring (bicyclic) bond motifs is 4. The van der Waals surface area contributed by atoms with Crippen LogP contribution in [0, 0.1) is 12.7 Å². The van der Waals surface area contributed by atoms with Crippen molar-refractivity contribution >= 4 is 41.0 Å². The van der Waals surface area contributed by atoms with Gasteiger partial charge in [0.15, 0.2) is 0 Å². The zero-order chi connectivity index (χ0) is 41.5. The molecule has 0 saturated heterocycles. The van der Waals surface area contributed by atoms with E-state index in [1.165, 1.54) is 6.07 Å². The number of rotatable bonds is 18. The number of carbonyl (C=O) groups excluding carboxylic acids is 5. The van der Waals surface area contributed by atoms with E-state index in [4.69, 9.17) is 14.5 Å². The number of nitrogens with one attached hydrogen (secondary N) is 5. The van der Waals surface area contributed by atoms with Gasteiger partial charge in [0.1, 0.15) is 31.8 Å². The van der Waals surface area contributed by atoms with E-state index in [9.17, 15) is 28.8 Å². The van der Waals surface area contributed by atoms with Crippen molar-refractivity contribution in [3.63, 3.8) is 0 Å². The largest absolute Gasteiger partial charge is 0.463 e. The molecule has 2 aliphatic rings. The molecule has 4 aromatic rings. The minimum absolute atomic E-state index is 0.0167. The average molecular weight is 798 g/mol. The fraction of sp³-hybridized carbons (Fsp3) is 0.405.